The maximum absolute atomic E-state index is 11.7. The van der Waals surface area contributed by atoms with Gasteiger partial charge in [-0.1, -0.05) is 0 Å². The molecule has 0 spiro atoms. The number of hydrogen-bond acceptors (Lipinski definition) is 3. The highest BCUT2D eigenvalue weighted by atomic mass is 16.5. The molecule has 0 aromatic rings. The average molecular weight is 228 g/mol. The van der Waals surface area contributed by atoms with Crippen LogP contribution in [0, 0.1) is 11.8 Å². The highest BCUT2D eigenvalue weighted by Gasteiger charge is 2.25. The first-order valence-electron chi connectivity index (χ1n) is 6.24. The maximum Gasteiger partial charge on any atom is 0.223 e. The van der Waals surface area contributed by atoms with Crippen LogP contribution in [-0.2, 0) is 9.53 Å². The normalized spacial score (nSPS) is 25.4. The molecule has 1 fully saturated rings. The number of amides is 1. The molecule has 1 aliphatic carbocycles. The Labute approximate surface area is 97.9 Å². The molecule has 0 aromatic carbocycles. The zero-order valence-corrected chi connectivity index (χ0v) is 10.2. The fourth-order valence-corrected chi connectivity index (χ4v) is 2.37. The van der Waals surface area contributed by atoms with E-state index in [-0.39, 0.29) is 11.8 Å². The first kappa shape index (κ1) is 13.5. The summed E-state index contributed by atoms with van der Waals surface area (Å²) in [5.41, 5.74) is 5.54. The van der Waals surface area contributed by atoms with Crippen molar-refractivity contribution in [1.82, 2.24) is 5.32 Å². The van der Waals surface area contributed by atoms with Gasteiger partial charge in [-0.15, -0.1) is 0 Å². The Morgan fingerprint density at radius 3 is 2.62 bits per heavy atom. The van der Waals surface area contributed by atoms with Crippen LogP contribution in [0.4, 0.5) is 0 Å². The van der Waals surface area contributed by atoms with Gasteiger partial charge >= 0.3 is 0 Å². The van der Waals surface area contributed by atoms with Crippen LogP contribution in [0.25, 0.3) is 0 Å². The van der Waals surface area contributed by atoms with Crippen LogP contribution in [-0.4, -0.2) is 32.7 Å². The number of rotatable bonds is 6. The third-order valence-corrected chi connectivity index (χ3v) is 3.40. The zero-order chi connectivity index (χ0) is 11.8. The molecule has 1 aliphatic rings. The van der Waals surface area contributed by atoms with Gasteiger partial charge in [0.05, 0.1) is 6.61 Å². The Hall–Kier alpha value is -0.610. The van der Waals surface area contributed by atoms with Crippen molar-refractivity contribution in [3.05, 3.63) is 0 Å². The third-order valence-electron chi connectivity index (χ3n) is 3.40. The summed E-state index contributed by atoms with van der Waals surface area (Å²) in [5.74, 6) is 1.15. The van der Waals surface area contributed by atoms with Gasteiger partial charge in [-0.2, -0.15) is 0 Å². The van der Waals surface area contributed by atoms with Gasteiger partial charge in [-0.3, -0.25) is 4.79 Å². The minimum Gasteiger partial charge on any atom is -0.383 e. The second kappa shape index (κ2) is 7.63. The van der Waals surface area contributed by atoms with Crippen LogP contribution in [0.3, 0.4) is 0 Å². The van der Waals surface area contributed by atoms with Crippen molar-refractivity contribution in [1.29, 1.82) is 0 Å². The lowest BCUT2D eigenvalue weighted by Crippen LogP contribution is -2.35. The quantitative estimate of drug-likeness (QED) is 0.664. The molecule has 0 radical (unpaired) electrons. The van der Waals surface area contributed by atoms with Crippen molar-refractivity contribution < 1.29 is 9.53 Å². The molecule has 0 heterocycles. The van der Waals surface area contributed by atoms with Crippen LogP contribution in [0.2, 0.25) is 0 Å². The van der Waals surface area contributed by atoms with Crippen molar-refractivity contribution in [3.63, 3.8) is 0 Å². The fourth-order valence-electron chi connectivity index (χ4n) is 2.37. The van der Waals surface area contributed by atoms with Crippen molar-refractivity contribution in [2.75, 3.05) is 26.8 Å². The Balaban J connectivity index is 2.17. The van der Waals surface area contributed by atoms with Gasteiger partial charge in [-0.05, 0) is 44.6 Å². The Morgan fingerprint density at radius 2 is 2.06 bits per heavy atom. The zero-order valence-electron chi connectivity index (χ0n) is 10.2. The molecule has 0 aromatic heterocycles. The summed E-state index contributed by atoms with van der Waals surface area (Å²) in [6, 6.07) is 0. The Kier molecular flexibility index (Phi) is 6.42. The lowest BCUT2D eigenvalue weighted by Gasteiger charge is -2.27. The van der Waals surface area contributed by atoms with E-state index >= 15 is 0 Å². The van der Waals surface area contributed by atoms with E-state index in [2.05, 4.69) is 5.32 Å². The van der Waals surface area contributed by atoms with E-state index in [4.69, 9.17) is 10.5 Å². The monoisotopic (exact) mass is 228 g/mol. The molecule has 16 heavy (non-hydrogen) atoms. The highest BCUT2D eigenvalue weighted by molar-refractivity contribution is 5.78. The second-order valence-corrected chi connectivity index (χ2v) is 4.58. The molecule has 4 heteroatoms. The molecular weight excluding hydrogens is 204 g/mol. The molecule has 1 rings (SSSR count). The molecule has 94 valence electrons. The van der Waals surface area contributed by atoms with Gasteiger partial charge in [0.15, 0.2) is 0 Å². The molecule has 4 nitrogen and oxygen atoms in total. The first-order valence-corrected chi connectivity index (χ1v) is 6.24. The molecule has 0 atom stereocenters. The standard InChI is InChI=1S/C12H24N2O2/c1-16-9-8-14-12(15)11-4-2-10(3-5-11)6-7-13/h10-11H,2-9,13H2,1H3,(H,14,15). The van der Waals surface area contributed by atoms with Crippen molar-refractivity contribution in [2.45, 2.75) is 32.1 Å². The summed E-state index contributed by atoms with van der Waals surface area (Å²) in [7, 11) is 1.64. The number of nitrogens with two attached hydrogens (primary N) is 1. The van der Waals surface area contributed by atoms with E-state index < -0.39 is 0 Å². The van der Waals surface area contributed by atoms with Gasteiger partial charge < -0.3 is 15.8 Å². The third kappa shape index (κ3) is 4.49. The SMILES string of the molecule is COCCNC(=O)C1CCC(CCN)CC1. The lowest BCUT2D eigenvalue weighted by atomic mass is 9.80. The molecule has 0 aliphatic heterocycles. The number of carbonyl (C=O) groups is 1. The van der Waals surface area contributed by atoms with Gasteiger partial charge in [0.25, 0.3) is 0 Å². The van der Waals surface area contributed by atoms with E-state index in [9.17, 15) is 4.79 Å². The van der Waals surface area contributed by atoms with Gasteiger partial charge in [0, 0.05) is 19.6 Å². The van der Waals surface area contributed by atoms with Gasteiger partial charge in [0.2, 0.25) is 5.91 Å². The first-order chi connectivity index (χ1) is 7.77. The smallest absolute Gasteiger partial charge is 0.223 e. The number of methoxy groups -OCH3 is 1. The van der Waals surface area contributed by atoms with Crippen LogP contribution in [0.15, 0.2) is 0 Å². The molecule has 0 bridgehead atoms. The summed E-state index contributed by atoms with van der Waals surface area (Å²) >= 11 is 0. The minimum absolute atomic E-state index is 0.197. The Bertz CT molecular complexity index is 201. The largest absolute Gasteiger partial charge is 0.383 e. The molecule has 0 unspecified atom stereocenters. The van der Waals surface area contributed by atoms with Crippen molar-refractivity contribution in [3.8, 4) is 0 Å². The molecular formula is C12H24N2O2. The van der Waals surface area contributed by atoms with E-state index in [1.807, 2.05) is 0 Å². The molecule has 3 N–H and O–H groups in total. The molecule has 1 amide bonds. The van der Waals surface area contributed by atoms with E-state index in [1.165, 1.54) is 0 Å². The summed E-state index contributed by atoms with van der Waals surface area (Å²) in [5, 5.41) is 2.91. The minimum atomic E-state index is 0.197. The molecule has 0 saturated heterocycles. The summed E-state index contributed by atoms with van der Waals surface area (Å²) < 4.78 is 4.90. The van der Waals surface area contributed by atoms with E-state index in [1.54, 1.807) is 7.11 Å². The second-order valence-electron chi connectivity index (χ2n) is 4.58. The number of carbonyl (C=O) groups excluding carboxylic acids is 1. The van der Waals surface area contributed by atoms with Crippen LogP contribution < -0.4 is 11.1 Å². The number of ether oxygens (including phenoxy) is 1. The predicted octanol–water partition coefficient (Wildman–Crippen LogP) is 0.904. The molecule has 1 saturated carbocycles. The highest BCUT2D eigenvalue weighted by Crippen LogP contribution is 2.30. The fraction of sp³-hybridized carbons (Fsp3) is 0.917. The van der Waals surface area contributed by atoms with Crippen LogP contribution >= 0.6 is 0 Å². The van der Waals surface area contributed by atoms with E-state index in [0.717, 1.165) is 44.6 Å². The number of hydrogen-bond donors (Lipinski definition) is 2. The van der Waals surface area contributed by atoms with Crippen LogP contribution in [0.5, 0.6) is 0 Å². The van der Waals surface area contributed by atoms with Crippen molar-refractivity contribution in [2.24, 2.45) is 17.6 Å². The predicted molar refractivity (Wildman–Crippen MR) is 64.0 cm³/mol. The van der Waals surface area contributed by atoms with Crippen molar-refractivity contribution >= 4 is 5.91 Å². The summed E-state index contributed by atoms with van der Waals surface area (Å²) in [6.45, 7) is 1.99. The Morgan fingerprint density at radius 1 is 1.38 bits per heavy atom. The van der Waals surface area contributed by atoms with Crippen LogP contribution in [0.1, 0.15) is 32.1 Å². The number of nitrogens with one attached hydrogen (secondary N) is 1. The average Bonchev–Trinajstić information content (AvgIpc) is 2.30. The summed E-state index contributed by atoms with van der Waals surface area (Å²) in [4.78, 5) is 11.7. The topological polar surface area (TPSA) is 64.3 Å². The van der Waals surface area contributed by atoms with E-state index in [0.29, 0.717) is 13.2 Å². The maximum atomic E-state index is 11.7. The van der Waals surface area contributed by atoms with Gasteiger partial charge in [-0.25, -0.2) is 0 Å². The van der Waals surface area contributed by atoms with Gasteiger partial charge in [0.1, 0.15) is 0 Å². The summed E-state index contributed by atoms with van der Waals surface area (Å²) in [6.07, 6.45) is 5.45. The lowest BCUT2D eigenvalue weighted by molar-refractivity contribution is -0.126.